The molecule has 0 spiro atoms. The summed E-state index contributed by atoms with van der Waals surface area (Å²) in [7, 11) is 0. The molecule has 0 bridgehead atoms. The lowest BCUT2D eigenvalue weighted by atomic mass is 9.97. The van der Waals surface area contributed by atoms with E-state index in [0.29, 0.717) is 5.92 Å². The maximum atomic E-state index is 11.8. The highest BCUT2D eigenvalue weighted by molar-refractivity contribution is 5.68. The fraction of sp³-hybridized carbons (Fsp3) is 0.769. The summed E-state index contributed by atoms with van der Waals surface area (Å²) < 4.78 is 5.34. The van der Waals surface area contributed by atoms with Crippen molar-refractivity contribution in [2.45, 2.75) is 46.1 Å². The van der Waals surface area contributed by atoms with Crippen molar-refractivity contribution in [3.63, 3.8) is 0 Å². The molecule has 1 saturated heterocycles. The molecular formula is C13H23NO2. The highest BCUT2D eigenvalue weighted by Gasteiger charge is 2.25. The van der Waals surface area contributed by atoms with E-state index in [1.165, 1.54) is 0 Å². The Labute approximate surface area is 98.5 Å². The Morgan fingerprint density at radius 2 is 1.88 bits per heavy atom. The second-order valence-electron chi connectivity index (χ2n) is 5.33. The van der Waals surface area contributed by atoms with Gasteiger partial charge in [0.15, 0.2) is 0 Å². The summed E-state index contributed by atoms with van der Waals surface area (Å²) in [5.41, 5.74) is -0.392. The van der Waals surface area contributed by atoms with Crippen LogP contribution in [0.5, 0.6) is 0 Å². The fourth-order valence-electron chi connectivity index (χ4n) is 1.87. The summed E-state index contributed by atoms with van der Waals surface area (Å²) in [6.07, 6.45) is 6.24. The van der Waals surface area contributed by atoms with Gasteiger partial charge in [-0.2, -0.15) is 0 Å². The van der Waals surface area contributed by atoms with Crippen LogP contribution in [0.25, 0.3) is 0 Å². The van der Waals surface area contributed by atoms with Crippen LogP contribution in [0.3, 0.4) is 0 Å². The largest absolute Gasteiger partial charge is 0.444 e. The maximum Gasteiger partial charge on any atom is 0.410 e. The van der Waals surface area contributed by atoms with E-state index in [2.05, 4.69) is 12.2 Å². The zero-order chi connectivity index (χ0) is 12.2. The minimum absolute atomic E-state index is 0.175. The fourth-order valence-corrected chi connectivity index (χ4v) is 1.87. The van der Waals surface area contributed by atoms with Gasteiger partial charge in [-0.3, -0.25) is 0 Å². The molecule has 1 rings (SSSR count). The zero-order valence-corrected chi connectivity index (χ0v) is 10.8. The van der Waals surface area contributed by atoms with E-state index >= 15 is 0 Å². The van der Waals surface area contributed by atoms with Crippen LogP contribution < -0.4 is 0 Å². The smallest absolute Gasteiger partial charge is 0.410 e. The topological polar surface area (TPSA) is 29.5 Å². The Bertz CT molecular complexity index is 258. The van der Waals surface area contributed by atoms with Crippen molar-refractivity contribution in [1.82, 2.24) is 4.90 Å². The first-order valence-corrected chi connectivity index (χ1v) is 6.03. The van der Waals surface area contributed by atoms with Gasteiger partial charge < -0.3 is 9.64 Å². The van der Waals surface area contributed by atoms with Crippen molar-refractivity contribution < 1.29 is 9.53 Å². The Kier molecular flexibility index (Phi) is 4.39. The van der Waals surface area contributed by atoms with Crippen LogP contribution in [0, 0.1) is 5.92 Å². The Morgan fingerprint density at radius 3 is 2.31 bits per heavy atom. The predicted octanol–water partition coefficient (Wildman–Crippen LogP) is 3.21. The first-order valence-electron chi connectivity index (χ1n) is 6.03. The number of carbonyl (C=O) groups is 1. The number of rotatable bonds is 1. The second kappa shape index (κ2) is 5.37. The highest BCUT2D eigenvalue weighted by atomic mass is 16.6. The number of hydrogen-bond acceptors (Lipinski definition) is 2. The average molecular weight is 225 g/mol. The van der Waals surface area contributed by atoms with Crippen molar-refractivity contribution in [3.8, 4) is 0 Å². The second-order valence-corrected chi connectivity index (χ2v) is 5.33. The molecule has 0 unspecified atom stereocenters. The lowest BCUT2D eigenvalue weighted by molar-refractivity contribution is 0.0197. The normalized spacial score (nSPS) is 19.1. The molecule has 0 atom stereocenters. The molecule has 3 heteroatoms. The van der Waals surface area contributed by atoms with Crippen LogP contribution in [0.1, 0.15) is 40.5 Å². The summed E-state index contributed by atoms with van der Waals surface area (Å²) >= 11 is 0. The highest BCUT2D eigenvalue weighted by Crippen LogP contribution is 2.20. The number of allylic oxidation sites excluding steroid dienone is 2. The van der Waals surface area contributed by atoms with Crippen LogP contribution in [0.2, 0.25) is 0 Å². The summed E-state index contributed by atoms with van der Waals surface area (Å²) in [4.78, 5) is 13.6. The molecule has 92 valence electrons. The summed E-state index contributed by atoms with van der Waals surface area (Å²) in [5, 5.41) is 0. The molecule has 0 aliphatic carbocycles. The van der Waals surface area contributed by atoms with Gasteiger partial charge in [-0.15, -0.1) is 0 Å². The van der Waals surface area contributed by atoms with Crippen LogP contribution >= 0.6 is 0 Å². The number of hydrogen-bond donors (Lipinski definition) is 0. The van der Waals surface area contributed by atoms with Crippen molar-refractivity contribution in [3.05, 3.63) is 12.2 Å². The van der Waals surface area contributed by atoms with Gasteiger partial charge >= 0.3 is 6.09 Å². The minimum atomic E-state index is -0.392. The monoisotopic (exact) mass is 225 g/mol. The number of likely N-dealkylation sites (tertiary alicyclic amines) is 1. The first-order chi connectivity index (χ1) is 7.42. The zero-order valence-electron chi connectivity index (χ0n) is 10.8. The maximum absolute atomic E-state index is 11.8. The van der Waals surface area contributed by atoms with Gasteiger partial charge in [0.1, 0.15) is 5.60 Å². The molecule has 0 aromatic heterocycles. The van der Waals surface area contributed by atoms with Gasteiger partial charge in [0.25, 0.3) is 0 Å². The average Bonchev–Trinajstić information content (AvgIpc) is 2.16. The molecule has 16 heavy (non-hydrogen) atoms. The number of amides is 1. The van der Waals surface area contributed by atoms with Crippen molar-refractivity contribution in [2.24, 2.45) is 5.92 Å². The minimum Gasteiger partial charge on any atom is -0.444 e. The van der Waals surface area contributed by atoms with E-state index in [1.807, 2.05) is 32.6 Å². The van der Waals surface area contributed by atoms with Crippen LogP contribution in [0.15, 0.2) is 12.2 Å². The predicted molar refractivity (Wildman–Crippen MR) is 65.3 cm³/mol. The standard InChI is InChI=1S/C13H23NO2/c1-5-6-11-7-9-14(10-8-11)12(15)16-13(2,3)4/h5-6,11H,7-10H2,1-4H3/b6-5+. The summed E-state index contributed by atoms with van der Waals surface area (Å²) in [5.74, 6) is 0.628. The quantitative estimate of drug-likeness (QED) is 0.641. The number of ether oxygens (including phenoxy) is 1. The third-order valence-electron chi connectivity index (χ3n) is 2.66. The van der Waals surface area contributed by atoms with Crippen molar-refractivity contribution >= 4 is 6.09 Å². The van der Waals surface area contributed by atoms with E-state index in [0.717, 1.165) is 25.9 Å². The first kappa shape index (κ1) is 13.1. The molecule has 0 aromatic rings. The number of carbonyl (C=O) groups excluding carboxylic acids is 1. The van der Waals surface area contributed by atoms with Gasteiger partial charge in [-0.05, 0) is 46.5 Å². The molecule has 0 saturated carbocycles. The van der Waals surface area contributed by atoms with E-state index < -0.39 is 5.60 Å². The molecule has 1 aliphatic heterocycles. The van der Waals surface area contributed by atoms with Gasteiger partial charge in [0.05, 0.1) is 0 Å². The SMILES string of the molecule is C/C=C/C1CCN(C(=O)OC(C)(C)C)CC1. The molecule has 1 amide bonds. The molecule has 1 aliphatic rings. The molecule has 1 heterocycles. The molecule has 3 nitrogen and oxygen atoms in total. The van der Waals surface area contributed by atoms with E-state index in [1.54, 1.807) is 0 Å². The van der Waals surface area contributed by atoms with Crippen LogP contribution in [0.4, 0.5) is 4.79 Å². The van der Waals surface area contributed by atoms with Gasteiger partial charge in [-0.1, -0.05) is 12.2 Å². The van der Waals surface area contributed by atoms with Crippen LogP contribution in [-0.2, 0) is 4.74 Å². The van der Waals surface area contributed by atoms with Gasteiger partial charge in [0.2, 0.25) is 0 Å². The molecule has 0 aromatic carbocycles. The third-order valence-corrected chi connectivity index (χ3v) is 2.66. The summed E-state index contributed by atoms with van der Waals surface area (Å²) in [6.45, 7) is 9.36. The van der Waals surface area contributed by atoms with Gasteiger partial charge in [-0.25, -0.2) is 4.79 Å². The van der Waals surface area contributed by atoms with Crippen molar-refractivity contribution in [1.29, 1.82) is 0 Å². The Hall–Kier alpha value is -0.990. The van der Waals surface area contributed by atoms with Gasteiger partial charge in [0, 0.05) is 13.1 Å². The van der Waals surface area contributed by atoms with Crippen LogP contribution in [-0.4, -0.2) is 29.7 Å². The Morgan fingerprint density at radius 1 is 1.31 bits per heavy atom. The Balaban J connectivity index is 2.39. The number of piperidine rings is 1. The number of nitrogens with zero attached hydrogens (tertiary/aromatic N) is 1. The van der Waals surface area contributed by atoms with E-state index in [4.69, 9.17) is 4.74 Å². The lowest BCUT2D eigenvalue weighted by Gasteiger charge is -2.32. The third kappa shape index (κ3) is 4.25. The molecular weight excluding hydrogens is 202 g/mol. The summed E-state index contributed by atoms with van der Waals surface area (Å²) in [6, 6.07) is 0. The van der Waals surface area contributed by atoms with E-state index in [9.17, 15) is 4.79 Å². The molecule has 0 radical (unpaired) electrons. The molecule has 0 N–H and O–H groups in total. The molecule has 1 fully saturated rings. The van der Waals surface area contributed by atoms with E-state index in [-0.39, 0.29) is 6.09 Å². The lowest BCUT2D eigenvalue weighted by Crippen LogP contribution is -2.41. The van der Waals surface area contributed by atoms with Crippen molar-refractivity contribution in [2.75, 3.05) is 13.1 Å².